The van der Waals surface area contributed by atoms with Gasteiger partial charge in [-0.3, -0.25) is 9.69 Å². The normalized spacial score (nSPS) is 14.8. The zero-order valence-electron chi connectivity index (χ0n) is 24.9. The molecule has 0 spiro atoms. The van der Waals surface area contributed by atoms with Gasteiger partial charge in [0.05, 0.1) is 18.5 Å². The minimum Gasteiger partial charge on any atom is -0.496 e. The Morgan fingerprint density at radius 2 is 1.82 bits per heavy atom. The monoisotopic (exact) mass is 529 g/mol. The lowest BCUT2D eigenvalue weighted by molar-refractivity contribution is -0.115. The van der Waals surface area contributed by atoms with Crippen LogP contribution in [0.3, 0.4) is 0 Å². The number of hydrogen-bond acceptors (Lipinski definition) is 7. The minimum absolute atomic E-state index is 0.163. The van der Waals surface area contributed by atoms with Crippen LogP contribution in [-0.4, -0.2) is 52.7 Å². The lowest BCUT2D eigenvalue weighted by atomic mass is 10.0. The molecule has 1 atom stereocenters. The molecule has 2 aromatic rings. The molecule has 1 aliphatic rings. The molecule has 3 rings (SSSR count). The van der Waals surface area contributed by atoms with E-state index in [9.17, 15) is 9.59 Å². The number of aromatic nitrogens is 2. The molecular formula is C29H47N5O4. The Hall–Kier alpha value is -3.36. The Kier molecular flexibility index (Phi) is 13.0. The predicted octanol–water partition coefficient (Wildman–Crippen LogP) is 6.44. The first-order chi connectivity index (χ1) is 17.7. The first-order valence-electron chi connectivity index (χ1n) is 13.3. The third-order valence-corrected chi connectivity index (χ3v) is 5.53. The Balaban J connectivity index is 0.000000368. The molecule has 1 unspecified atom stereocenters. The van der Waals surface area contributed by atoms with Crippen LogP contribution in [0.5, 0.6) is 5.75 Å². The molecule has 2 amide bonds. The molecule has 0 aliphatic carbocycles. The first-order valence-corrected chi connectivity index (χ1v) is 13.3. The Morgan fingerprint density at radius 3 is 2.32 bits per heavy atom. The highest BCUT2D eigenvalue weighted by Gasteiger charge is 2.25. The van der Waals surface area contributed by atoms with Crippen LogP contribution in [0.4, 0.5) is 22.0 Å². The van der Waals surface area contributed by atoms with Gasteiger partial charge in [-0.1, -0.05) is 33.3 Å². The highest BCUT2D eigenvalue weighted by molar-refractivity contribution is 6.02. The topological polar surface area (TPSA) is 111 Å². The minimum atomic E-state index is -0.377. The van der Waals surface area contributed by atoms with Crippen LogP contribution in [-0.2, 0) is 9.53 Å². The van der Waals surface area contributed by atoms with Gasteiger partial charge in [-0.05, 0) is 65.0 Å². The third kappa shape index (κ3) is 10.2. The second-order valence-electron chi connectivity index (χ2n) is 10.6. The van der Waals surface area contributed by atoms with Crippen LogP contribution in [0.2, 0.25) is 0 Å². The van der Waals surface area contributed by atoms with Gasteiger partial charge in [0.25, 0.3) is 0 Å². The SMILES string of the molecule is CC1CCCN(C(=O)OC(C)(C)C)C1.CCC.COc1cc(N(C(C)=O)c2c(C)ncnc2N)ccc1C. The second-order valence-corrected chi connectivity index (χ2v) is 10.6. The van der Waals surface area contributed by atoms with Crippen molar-refractivity contribution in [1.29, 1.82) is 0 Å². The number of amides is 2. The first kappa shape index (κ1) is 32.7. The lowest BCUT2D eigenvalue weighted by Crippen LogP contribution is -2.42. The summed E-state index contributed by atoms with van der Waals surface area (Å²) in [7, 11) is 1.59. The smallest absolute Gasteiger partial charge is 0.410 e. The lowest BCUT2D eigenvalue weighted by Gasteiger charge is -2.32. The van der Waals surface area contributed by atoms with E-state index in [-0.39, 0.29) is 23.4 Å². The fraction of sp³-hybridized carbons (Fsp3) is 0.586. The van der Waals surface area contributed by atoms with E-state index < -0.39 is 0 Å². The summed E-state index contributed by atoms with van der Waals surface area (Å²) in [5.74, 6) is 1.39. The maximum Gasteiger partial charge on any atom is 0.410 e. The van der Waals surface area contributed by atoms with Crippen LogP contribution in [0.1, 0.15) is 79.0 Å². The molecule has 212 valence electrons. The molecular weight excluding hydrogens is 482 g/mol. The molecule has 2 heterocycles. The fourth-order valence-electron chi connectivity index (χ4n) is 3.86. The maximum absolute atomic E-state index is 12.1. The van der Waals surface area contributed by atoms with Crippen LogP contribution in [0, 0.1) is 19.8 Å². The third-order valence-electron chi connectivity index (χ3n) is 5.53. The van der Waals surface area contributed by atoms with Crippen molar-refractivity contribution >= 4 is 29.2 Å². The number of likely N-dealkylation sites (tertiary alicyclic amines) is 1. The molecule has 9 heteroatoms. The molecule has 38 heavy (non-hydrogen) atoms. The summed E-state index contributed by atoms with van der Waals surface area (Å²) in [4.78, 5) is 35.2. The summed E-state index contributed by atoms with van der Waals surface area (Å²) >= 11 is 0. The van der Waals surface area contributed by atoms with Crippen molar-refractivity contribution in [3.8, 4) is 5.75 Å². The summed E-state index contributed by atoms with van der Waals surface area (Å²) < 4.78 is 10.6. The Morgan fingerprint density at radius 1 is 1.18 bits per heavy atom. The number of aryl methyl sites for hydroxylation is 2. The van der Waals surface area contributed by atoms with E-state index >= 15 is 0 Å². The number of anilines is 3. The number of piperidine rings is 1. The predicted molar refractivity (Wildman–Crippen MR) is 154 cm³/mol. The molecule has 0 radical (unpaired) electrons. The van der Waals surface area contributed by atoms with Gasteiger partial charge in [-0.25, -0.2) is 14.8 Å². The second kappa shape index (κ2) is 15.1. The van der Waals surface area contributed by atoms with Gasteiger partial charge >= 0.3 is 6.09 Å². The van der Waals surface area contributed by atoms with E-state index in [1.807, 2.05) is 44.7 Å². The van der Waals surface area contributed by atoms with Crippen molar-refractivity contribution in [3.63, 3.8) is 0 Å². The van der Waals surface area contributed by atoms with E-state index in [0.29, 0.717) is 28.7 Å². The maximum atomic E-state index is 12.1. The molecule has 2 N–H and O–H groups in total. The van der Waals surface area contributed by atoms with Crippen molar-refractivity contribution in [2.75, 3.05) is 30.8 Å². The van der Waals surface area contributed by atoms with Crippen molar-refractivity contribution in [2.45, 2.75) is 87.2 Å². The standard InChI is InChI=1S/C15H18N4O2.C11H21NO2.C3H8/c1-9-5-6-12(7-13(9)21-4)19(11(3)20)14-10(2)17-8-18-15(14)16;1-9-6-5-7-12(8-9)10(13)14-11(2,3)4;1-3-2/h5-8H,1-4H3,(H2,16,17,18);9H,5-8H2,1-4H3;3H2,1-2H3. The average Bonchev–Trinajstić information content (AvgIpc) is 2.82. The number of hydrogen-bond donors (Lipinski definition) is 1. The van der Waals surface area contributed by atoms with Crippen molar-refractivity contribution < 1.29 is 19.1 Å². The van der Waals surface area contributed by atoms with E-state index in [1.54, 1.807) is 20.1 Å². The van der Waals surface area contributed by atoms with Gasteiger partial charge in [0.2, 0.25) is 5.91 Å². The van der Waals surface area contributed by atoms with E-state index in [2.05, 4.69) is 30.7 Å². The zero-order valence-corrected chi connectivity index (χ0v) is 24.9. The number of nitrogens with zero attached hydrogens (tertiary/aromatic N) is 4. The van der Waals surface area contributed by atoms with E-state index in [1.165, 1.54) is 31.0 Å². The number of carbonyl (C=O) groups excluding carboxylic acids is 2. The van der Waals surface area contributed by atoms with Crippen molar-refractivity contribution in [2.24, 2.45) is 5.92 Å². The van der Waals surface area contributed by atoms with Crippen LogP contribution < -0.4 is 15.4 Å². The van der Waals surface area contributed by atoms with E-state index in [4.69, 9.17) is 15.2 Å². The molecule has 0 saturated carbocycles. The summed E-state index contributed by atoms with van der Waals surface area (Å²) in [6.07, 6.45) is 4.78. The number of carbonyl (C=O) groups is 2. The molecule has 1 saturated heterocycles. The van der Waals surface area contributed by atoms with Gasteiger partial charge in [-0.15, -0.1) is 0 Å². The molecule has 1 aromatic heterocycles. The summed E-state index contributed by atoms with van der Waals surface area (Å²) in [6, 6.07) is 5.52. The van der Waals surface area contributed by atoms with Crippen LogP contribution >= 0.6 is 0 Å². The highest BCUT2D eigenvalue weighted by Crippen LogP contribution is 2.34. The summed E-state index contributed by atoms with van der Waals surface area (Å²) in [6.45, 7) is 19.0. The fourth-order valence-corrected chi connectivity index (χ4v) is 3.86. The molecule has 0 bridgehead atoms. The number of nitrogens with two attached hydrogens (primary N) is 1. The van der Waals surface area contributed by atoms with Crippen molar-refractivity contribution in [3.05, 3.63) is 35.8 Å². The Labute approximate surface area is 228 Å². The van der Waals surface area contributed by atoms with Gasteiger partial charge in [0, 0.05) is 26.1 Å². The molecule has 1 fully saturated rings. The van der Waals surface area contributed by atoms with Gasteiger partial charge in [-0.2, -0.15) is 0 Å². The van der Waals surface area contributed by atoms with Crippen LogP contribution in [0.15, 0.2) is 24.5 Å². The number of rotatable bonds is 3. The molecule has 1 aliphatic heterocycles. The molecule has 9 nitrogen and oxygen atoms in total. The van der Waals surface area contributed by atoms with E-state index in [0.717, 1.165) is 25.1 Å². The quantitative estimate of drug-likeness (QED) is 0.487. The van der Waals surface area contributed by atoms with Crippen LogP contribution in [0.25, 0.3) is 0 Å². The number of methoxy groups -OCH3 is 1. The number of ether oxygens (including phenoxy) is 2. The zero-order chi connectivity index (χ0) is 29.0. The average molecular weight is 530 g/mol. The largest absolute Gasteiger partial charge is 0.496 e. The highest BCUT2D eigenvalue weighted by atomic mass is 16.6. The van der Waals surface area contributed by atoms with Gasteiger partial charge in [0.1, 0.15) is 23.4 Å². The summed E-state index contributed by atoms with van der Waals surface area (Å²) in [5.41, 5.74) is 8.32. The molecule has 1 aromatic carbocycles. The summed E-state index contributed by atoms with van der Waals surface area (Å²) in [5, 5.41) is 0. The van der Waals surface area contributed by atoms with Gasteiger partial charge in [0.15, 0.2) is 5.82 Å². The van der Waals surface area contributed by atoms with Crippen molar-refractivity contribution in [1.82, 2.24) is 14.9 Å². The number of nitrogen functional groups attached to an aromatic ring is 1. The van der Waals surface area contributed by atoms with Gasteiger partial charge < -0.3 is 20.1 Å². The Bertz CT molecular complexity index is 1030. The number of benzene rings is 1.